The van der Waals surface area contributed by atoms with E-state index in [2.05, 4.69) is 38.2 Å². The zero-order valence-electron chi connectivity index (χ0n) is 49.0. The zero-order chi connectivity index (χ0) is 55.8. The van der Waals surface area contributed by atoms with E-state index in [4.69, 9.17) is 28.4 Å². The summed E-state index contributed by atoms with van der Waals surface area (Å²) in [6, 6.07) is 0. The number of esters is 1. The largest absolute Gasteiger partial charge is 0.457 e. The van der Waals surface area contributed by atoms with E-state index in [1.807, 2.05) is 0 Å². The first-order chi connectivity index (χ1) is 37.6. The maximum atomic E-state index is 13.1. The molecule has 0 aliphatic carbocycles. The van der Waals surface area contributed by atoms with Crippen LogP contribution in [-0.2, 0) is 33.2 Å². The second-order valence-electron chi connectivity index (χ2n) is 22.6. The molecule has 7 N–H and O–H groups in total. The van der Waals surface area contributed by atoms with E-state index in [0.29, 0.717) is 13.0 Å². The molecule has 14 heteroatoms. The van der Waals surface area contributed by atoms with Gasteiger partial charge in [-0.15, -0.1) is 0 Å². The van der Waals surface area contributed by atoms with Crippen LogP contribution in [-0.4, -0.2) is 142 Å². The van der Waals surface area contributed by atoms with Crippen LogP contribution in [0.4, 0.5) is 0 Å². The van der Waals surface area contributed by atoms with Crippen LogP contribution in [0.1, 0.15) is 271 Å². The third kappa shape index (κ3) is 36.5. The highest BCUT2D eigenvalue weighted by molar-refractivity contribution is 5.69. The summed E-state index contributed by atoms with van der Waals surface area (Å²) in [4.78, 5) is 13.1. The Morgan fingerprint density at radius 3 is 1.25 bits per heavy atom. The highest BCUT2D eigenvalue weighted by Gasteiger charge is 2.47. The smallest absolute Gasteiger partial charge is 0.306 e. The number of unbranched alkanes of at least 4 members (excludes halogenated alkanes) is 35. The van der Waals surface area contributed by atoms with Crippen LogP contribution in [0.2, 0.25) is 0 Å². The Bertz CT molecular complexity index is 1370. The second kappa shape index (κ2) is 50.2. The van der Waals surface area contributed by atoms with Gasteiger partial charge >= 0.3 is 5.97 Å². The van der Waals surface area contributed by atoms with Gasteiger partial charge in [0.15, 0.2) is 12.6 Å². The van der Waals surface area contributed by atoms with Gasteiger partial charge in [-0.1, -0.05) is 244 Å². The van der Waals surface area contributed by atoms with Crippen molar-refractivity contribution in [2.24, 2.45) is 0 Å². The van der Waals surface area contributed by atoms with Crippen LogP contribution in [0, 0.1) is 0 Å². The van der Waals surface area contributed by atoms with E-state index < -0.39 is 80.7 Å². The fraction of sp³-hybridized carbons (Fsp3) is 0.921. The molecule has 2 aliphatic rings. The third-order valence-corrected chi connectivity index (χ3v) is 15.5. The molecule has 0 aromatic rings. The zero-order valence-corrected chi connectivity index (χ0v) is 49.0. The Morgan fingerprint density at radius 1 is 0.429 bits per heavy atom. The van der Waals surface area contributed by atoms with Crippen molar-refractivity contribution in [2.75, 3.05) is 33.0 Å². The van der Waals surface area contributed by atoms with Crippen LogP contribution in [0.3, 0.4) is 0 Å². The molecule has 2 heterocycles. The Hall–Kier alpha value is -1.53. The minimum atomic E-state index is -1.71. The molecule has 0 saturated carbocycles. The highest BCUT2D eigenvalue weighted by Crippen LogP contribution is 2.27. The first-order valence-corrected chi connectivity index (χ1v) is 31.9. The van der Waals surface area contributed by atoms with Gasteiger partial charge in [-0.3, -0.25) is 4.79 Å². The second-order valence-corrected chi connectivity index (χ2v) is 22.6. The maximum absolute atomic E-state index is 13.1. The van der Waals surface area contributed by atoms with Crippen LogP contribution >= 0.6 is 0 Å². The summed E-state index contributed by atoms with van der Waals surface area (Å²) in [5, 5.41) is 72.5. The number of carbonyl (C=O) groups is 1. The summed E-state index contributed by atoms with van der Waals surface area (Å²) in [6.45, 7) is 3.74. The van der Waals surface area contributed by atoms with Gasteiger partial charge in [-0.05, 0) is 44.9 Å². The number of hydrogen-bond donors (Lipinski definition) is 7. The molecule has 11 unspecified atom stereocenters. The van der Waals surface area contributed by atoms with Crippen LogP contribution < -0.4 is 0 Å². The van der Waals surface area contributed by atoms with Gasteiger partial charge in [0.2, 0.25) is 0 Å². The molecular weight excluding hydrogens is 981 g/mol. The summed E-state index contributed by atoms with van der Waals surface area (Å²) in [5.74, 6) is -0.374. The summed E-state index contributed by atoms with van der Waals surface area (Å²) in [7, 11) is 0. The predicted octanol–water partition coefficient (Wildman–Crippen LogP) is 12.3. The molecular formula is C63H118O14. The van der Waals surface area contributed by atoms with Gasteiger partial charge in [0.25, 0.3) is 0 Å². The van der Waals surface area contributed by atoms with Crippen molar-refractivity contribution in [3.63, 3.8) is 0 Å². The maximum Gasteiger partial charge on any atom is 0.306 e. The van der Waals surface area contributed by atoms with E-state index in [-0.39, 0.29) is 25.6 Å². The number of aliphatic hydroxyl groups excluding tert-OH is 7. The van der Waals surface area contributed by atoms with E-state index in [1.165, 1.54) is 193 Å². The fourth-order valence-electron chi connectivity index (χ4n) is 10.3. The van der Waals surface area contributed by atoms with Crippen molar-refractivity contribution < 1.29 is 69.0 Å². The molecule has 0 aromatic carbocycles. The number of allylic oxidation sites excluding steroid dienone is 4. The van der Waals surface area contributed by atoms with Crippen LogP contribution in [0.15, 0.2) is 24.3 Å². The first-order valence-electron chi connectivity index (χ1n) is 31.9. The lowest BCUT2D eigenvalue weighted by Crippen LogP contribution is -2.61. The van der Waals surface area contributed by atoms with Crippen molar-refractivity contribution in [3.8, 4) is 0 Å². The number of rotatable bonds is 53. The summed E-state index contributed by atoms with van der Waals surface area (Å²) in [6.07, 6.45) is 42.4. The standard InChI is InChI=1S/C63H118O14/c1-3-5-7-9-11-13-15-17-19-21-23-25-27-29-31-33-35-37-39-41-43-45-47-72-49-52(50-73-62-61(71)59(69)57(67)54(77-62)51-74-63-60(70)58(68)56(66)53(48-64)76-63)75-55(65)46-44-42-40-38-36-34-32-30-28-26-24-22-20-18-16-14-12-10-8-6-4-2/h16,18,22,24,52-54,56-64,66-71H,3-15,17,19-21,23,25-51H2,1-2H3/b18-16-,24-22-. The molecule has 0 spiro atoms. The van der Waals surface area contributed by atoms with Crippen molar-refractivity contribution >= 4 is 5.97 Å². The molecule has 2 fully saturated rings. The molecule has 454 valence electrons. The van der Waals surface area contributed by atoms with E-state index >= 15 is 0 Å². The highest BCUT2D eigenvalue weighted by atomic mass is 16.7. The van der Waals surface area contributed by atoms with E-state index in [9.17, 15) is 40.5 Å². The molecule has 0 amide bonds. The molecule has 0 aromatic heterocycles. The van der Waals surface area contributed by atoms with Gasteiger partial charge < -0.3 is 64.2 Å². The number of carbonyl (C=O) groups excluding carboxylic acids is 1. The fourth-order valence-corrected chi connectivity index (χ4v) is 10.3. The molecule has 14 nitrogen and oxygen atoms in total. The van der Waals surface area contributed by atoms with E-state index in [0.717, 1.165) is 51.4 Å². The first kappa shape index (κ1) is 71.6. The molecule has 0 radical (unpaired) electrons. The minimum absolute atomic E-state index is 0.0651. The van der Waals surface area contributed by atoms with Gasteiger partial charge in [0, 0.05) is 13.0 Å². The summed E-state index contributed by atoms with van der Waals surface area (Å²) < 4.78 is 34.5. The monoisotopic (exact) mass is 1100 g/mol. The molecule has 2 aliphatic heterocycles. The van der Waals surface area contributed by atoms with Gasteiger partial charge in [0.1, 0.15) is 54.9 Å². The Balaban J connectivity index is 1.67. The molecule has 0 bridgehead atoms. The molecule has 2 rings (SSSR count). The van der Waals surface area contributed by atoms with Gasteiger partial charge in [0.05, 0.1) is 26.4 Å². The van der Waals surface area contributed by atoms with Crippen molar-refractivity contribution in [3.05, 3.63) is 24.3 Å². The quantitative estimate of drug-likeness (QED) is 0.0172. The lowest BCUT2D eigenvalue weighted by molar-refractivity contribution is -0.332. The summed E-state index contributed by atoms with van der Waals surface area (Å²) in [5.41, 5.74) is 0. The van der Waals surface area contributed by atoms with Crippen molar-refractivity contribution in [2.45, 2.75) is 338 Å². The van der Waals surface area contributed by atoms with Gasteiger partial charge in [-0.25, -0.2) is 0 Å². The normalized spacial score (nSPS) is 24.4. The number of aliphatic hydroxyl groups is 7. The third-order valence-electron chi connectivity index (χ3n) is 15.5. The minimum Gasteiger partial charge on any atom is -0.457 e. The van der Waals surface area contributed by atoms with Crippen LogP contribution in [0.5, 0.6) is 0 Å². The lowest BCUT2D eigenvalue weighted by Gasteiger charge is -2.42. The van der Waals surface area contributed by atoms with Crippen molar-refractivity contribution in [1.82, 2.24) is 0 Å². The summed E-state index contributed by atoms with van der Waals surface area (Å²) >= 11 is 0. The Morgan fingerprint density at radius 2 is 0.805 bits per heavy atom. The van der Waals surface area contributed by atoms with E-state index in [1.54, 1.807) is 0 Å². The Kier molecular flexibility index (Phi) is 46.7. The molecule has 11 atom stereocenters. The number of hydrogen-bond acceptors (Lipinski definition) is 14. The predicted molar refractivity (Wildman–Crippen MR) is 307 cm³/mol. The SMILES string of the molecule is CCCCCCC/C=C\C/C=C\CCCCCCCCCCCC(=O)OC(COCCCCCCCCCCCCCCCCCCCCCCCC)COC1OC(COC2OC(CO)C(O)C(O)C2O)C(O)C(O)C1O. The topological polar surface area (TPSA) is 214 Å². The molecule has 2 saturated heterocycles. The molecule has 77 heavy (non-hydrogen) atoms. The van der Waals surface area contributed by atoms with Crippen molar-refractivity contribution in [1.29, 1.82) is 0 Å². The average molecular weight is 1100 g/mol. The average Bonchev–Trinajstić information content (AvgIpc) is 3.43. The number of ether oxygens (including phenoxy) is 6. The van der Waals surface area contributed by atoms with Crippen LogP contribution in [0.25, 0.3) is 0 Å². The lowest BCUT2D eigenvalue weighted by atomic mass is 9.98. The Labute approximate surface area is 468 Å². The van der Waals surface area contributed by atoms with Gasteiger partial charge in [-0.2, -0.15) is 0 Å².